The van der Waals surface area contributed by atoms with Crippen LogP contribution in [-0.2, 0) is 4.74 Å². The number of ether oxygens (including phenoxy) is 1. The average molecular weight is 171 g/mol. The highest BCUT2D eigenvalue weighted by Gasteiger charge is 2.27. The second kappa shape index (κ2) is 4.83. The lowest BCUT2D eigenvalue weighted by Crippen LogP contribution is -2.43. The molecule has 1 aliphatic heterocycles. The lowest BCUT2D eigenvalue weighted by Gasteiger charge is -2.27. The normalized spacial score (nSPS) is 26.5. The Morgan fingerprint density at radius 2 is 2.25 bits per heavy atom. The Hall–Kier alpha value is -0.0800. The molecule has 1 fully saturated rings. The SMILES string of the molecule is CCNC(C(C)C)C1CCCO1. The highest BCUT2D eigenvalue weighted by atomic mass is 16.5. The molecule has 2 heteroatoms. The number of rotatable bonds is 4. The van der Waals surface area contributed by atoms with Crippen LogP contribution >= 0.6 is 0 Å². The van der Waals surface area contributed by atoms with E-state index in [-0.39, 0.29) is 0 Å². The van der Waals surface area contributed by atoms with Crippen LogP contribution in [0.4, 0.5) is 0 Å². The van der Waals surface area contributed by atoms with Crippen LogP contribution in [0.25, 0.3) is 0 Å². The van der Waals surface area contributed by atoms with Gasteiger partial charge in [0.05, 0.1) is 6.10 Å². The molecule has 0 radical (unpaired) electrons. The van der Waals surface area contributed by atoms with Gasteiger partial charge in [-0.15, -0.1) is 0 Å². The van der Waals surface area contributed by atoms with Crippen LogP contribution in [0, 0.1) is 5.92 Å². The lowest BCUT2D eigenvalue weighted by atomic mass is 9.97. The molecule has 72 valence electrons. The van der Waals surface area contributed by atoms with E-state index >= 15 is 0 Å². The molecule has 0 aromatic carbocycles. The highest BCUT2D eigenvalue weighted by molar-refractivity contribution is 4.82. The zero-order valence-electron chi connectivity index (χ0n) is 8.47. The van der Waals surface area contributed by atoms with Crippen LogP contribution in [0.1, 0.15) is 33.6 Å². The van der Waals surface area contributed by atoms with Crippen LogP contribution in [0.2, 0.25) is 0 Å². The van der Waals surface area contributed by atoms with E-state index in [9.17, 15) is 0 Å². The Labute approximate surface area is 75.7 Å². The summed E-state index contributed by atoms with van der Waals surface area (Å²) in [6.07, 6.45) is 2.93. The lowest BCUT2D eigenvalue weighted by molar-refractivity contribution is 0.0640. The van der Waals surface area contributed by atoms with Crippen molar-refractivity contribution in [1.82, 2.24) is 5.32 Å². The summed E-state index contributed by atoms with van der Waals surface area (Å²) in [5.41, 5.74) is 0. The van der Waals surface area contributed by atoms with Gasteiger partial charge < -0.3 is 10.1 Å². The van der Waals surface area contributed by atoms with Crippen molar-refractivity contribution in [1.29, 1.82) is 0 Å². The monoisotopic (exact) mass is 171 g/mol. The van der Waals surface area contributed by atoms with Crippen LogP contribution < -0.4 is 5.32 Å². The van der Waals surface area contributed by atoms with Crippen molar-refractivity contribution >= 4 is 0 Å². The molecule has 1 rings (SSSR count). The molecule has 0 amide bonds. The molecule has 0 aromatic rings. The average Bonchev–Trinajstić information content (AvgIpc) is 2.51. The van der Waals surface area contributed by atoms with Crippen molar-refractivity contribution < 1.29 is 4.74 Å². The van der Waals surface area contributed by atoms with E-state index in [2.05, 4.69) is 26.1 Å². The summed E-state index contributed by atoms with van der Waals surface area (Å²) in [6.45, 7) is 8.68. The van der Waals surface area contributed by atoms with Crippen LogP contribution in [-0.4, -0.2) is 25.3 Å². The quantitative estimate of drug-likeness (QED) is 0.696. The Kier molecular flexibility index (Phi) is 4.02. The van der Waals surface area contributed by atoms with Gasteiger partial charge in [-0.3, -0.25) is 0 Å². The first kappa shape index (κ1) is 10.0. The summed E-state index contributed by atoms with van der Waals surface area (Å²) >= 11 is 0. The van der Waals surface area contributed by atoms with Gasteiger partial charge in [-0.2, -0.15) is 0 Å². The fourth-order valence-electron chi connectivity index (χ4n) is 1.92. The van der Waals surface area contributed by atoms with Crippen LogP contribution in [0.5, 0.6) is 0 Å². The summed E-state index contributed by atoms with van der Waals surface area (Å²) in [6, 6.07) is 0.553. The first-order valence-corrected chi connectivity index (χ1v) is 5.10. The van der Waals surface area contributed by atoms with Crippen molar-refractivity contribution in [3.8, 4) is 0 Å². The van der Waals surface area contributed by atoms with Crippen molar-refractivity contribution in [2.24, 2.45) is 5.92 Å². The first-order chi connectivity index (χ1) is 5.75. The molecule has 0 spiro atoms. The molecule has 1 saturated heterocycles. The summed E-state index contributed by atoms with van der Waals surface area (Å²) in [7, 11) is 0. The number of nitrogens with one attached hydrogen (secondary N) is 1. The summed E-state index contributed by atoms with van der Waals surface area (Å²) in [4.78, 5) is 0. The molecular formula is C10H21NO. The standard InChI is InChI=1S/C10H21NO/c1-4-11-10(8(2)3)9-6-5-7-12-9/h8-11H,4-7H2,1-3H3. The summed E-state index contributed by atoms with van der Waals surface area (Å²) in [5.74, 6) is 0.674. The van der Waals surface area contributed by atoms with Crippen molar-refractivity contribution in [3.05, 3.63) is 0 Å². The Balaban J connectivity index is 2.40. The van der Waals surface area contributed by atoms with Gasteiger partial charge >= 0.3 is 0 Å². The largest absolute Gasteiger partial charge is 0.377 e. The van der Waals surface area contributed by atoms with E-state index in [0.717, 1.165) is 13.2 Å². The van der Waals surface area contributed by atoms with E-state index in [1.807, 2.05) is 0 Å². The molecule has 1 heterocycles. The van der Waals surface area contributed by atoms with Gasteiger partial charge in [0.2, 0.25) is 0 Å². The third-order valence-corrected chi connectivity index (χ3v) is 2.52. The fraction of sp³-hybridized carbons (Fsp3) is 1.00. The van der Waals surface area contributed by atoms with E-state index in [4.69, 9.17) is 4.74 Å². The fourth-order valence-corrected chi connectivity index (χ4v) is 1.92. The molecule has 1 aliphatic rings. The molecule has 12 heavy (non-hydrogen) atoms. The zero-order valence-corrected chi connectivity index (χ0v) is 8.47. The molecule has 0 bridgehead atoms. The molecule has 0 aromatic heterocycles. The molecule has 0 saturated carbocycles. The van der Waals surface area contributed by atoms with Crippen molar-refractivity contribution in [3.63, 3.8) is 0 Å². The number of hydrogen-bond donors (Lipinski definition) is 1. The zero-order chi connectivity index (χ0) is 8.97. The molecule has 2 nitrogen and oxygen atoms in total. The minimum absolute atomic E-state index is 0.463. The van der Waals surface area contributed by atoms with Gasteiger partial charge in [0.1, 0.15) is 0 Å². The maximum Gasteiger partial charge on any atom is 0.0731 e. The summed E-state index contributed by atoms with van der Waals surface area (Å²) in [5, 5.41) is 3.50. The molecule has 1 N–H and O–H groups in total. The Morgan fingerprint density at radius 1 is 1.50 bits per heavy atom. The smallest absolute Gasteiger partial charge is 0.0731 e. The first-order valence-electron chi connectivity index (χ1n) is 5.10. The van der Waals surface area contributed by atoms with Gasteiger partial charge in [-0.25, -0.2) is 0 Å². The number of likely N-dealkylation sites (N-methyl/N-ethyl adjacent to an activating group) is 1. The van der Waals surface area contributed by atoms with E-state index in [1.165, 1.54) is 12.8 Å². The molecule has 2 atom stereocenters. The van der Waals surface area contributed by atoms with Crippen LogP contribution in [0.3, 0.4) is 0 Å². The van der Waals surface area contributed by atoms with E-state index in [0.29, 0.717) is 18.1 Å². The highest BCUT2D eigenvalue weighted by Crippen LogP contribution is 2.20. The third-order valence-electron chi connectivity index (χ3n) is 2.52. The van der Waals surface area contributed by atoms with Gasteiger partial charge in [-0.05, 0) is 25.3 Å². The predicted octanol–water partition coefficient (Wildman–Crippen LogP) is 1.80. The van der Waals surface area contributed by atoms with E-state index in [1.54, 1.807) is 0 Å². The minimum atomic E-state index is 0.463. The molecule has 0 aliphatic carbocycles. The second-order valence-electron chi connectivity index (χ2n) is 3.88. The van der Waals surface area contributed by atoms with Crippen molar-refractivity contribution in [2.75, 3.05) is 13.2 Å². The van der Waals surface area contributed by atoms with E-state index < -0.39 is 0 Å². The van der Waals surface area contributed by atoms with Crippen LogP contribution in [0.15, 0.2) is 0 Å². The van der Waals surface area contributed by atoms with Gasteiger partial charge in [0, 0.05) is 12.6 Å². The third kappa shape index (κ3) is 2.46. The maximum atomic E-state index is 5.67. The van der Waals surface area contributed by atoms with Gasteiger partial charge in [0.25, 0.3) is 0 Å². The Bertz CT molecular complexity index is 119. The van der Waals surface area contributed by atoms with Crippen molar-refractivity contribution in [2.45, 2.75) is 45.8 Å². The predicted molar refractivity (Wildman–Crippen MR) is 51.3 cm³/mol. The maximum absolute atomic E-state index is 5.67. The van der Waals surface area contributed by atoms with Gasteiger partial charge in [0.15, 0.2) is 0 Å². The molecule has 2 unspecified atom stereocenters. The number of hydrogen-bond acceptors (Lipinski definition) is 2. The Morgan fingerprint density at radius 3 is 2.67 bits per heavy atom. The topological polar surface area (TPSA) is 21.3 Å². The summed E-state index contributed by atoms with van der Waals surface area (Å²) < 4.78 is 5.67. The molecular weight excluding hydrogens is 150 g/mol. The second-order valence-corrected chi connectivity index (χ2v) is 3.88. The minimum Gasteiger partial charge on any atom is -0.377 e. The van der Waals surface area contributed by atoms with Gasteiger partial charge in [-0.1, -0.05) is 20.8 Å².